The number of methoxy groups -OCH3 is 2. The first-order valence-electron chi connectivity index (χ1n) is 11.7. The highest BCUT2D eigenvalue weighted by molar-refractivity contribution is 7.82. The molecule has 5 rings (SSSR count). The summed E-state index contributed by atoms with van der Waals surface area (Å²) in [7, 11) is 5.38. The maximum atomic E-state index is 12.1. The van der Waals surface area contributed by atoms with Crippen molar-refractivity contribution in [3.8, 4) is 11.5 Å². The van der Waals surface area contributed by atoms with Gasteiger partial charge in [0.25, 0.3) is 0 Å². The van der Waals surface area contributed by atoms with E-state index >= 15 is 0 Å². The summed E-state index contributed by atoms with van der Waals surface area (Å²) >= 11 is 0. The van der Waals surface area contributed by atoms with Gasteiger partial charge in [0.2, 0.25) is 5.91 Å². The maximum Gasteiger partial charge on any atom is 0.227 e. The summed E-state index contributed by atoms with van der Waals surface area (Å²) in [4.78, 5) is 16.3. The molecule has 0 bridgehead atoms. The molecule has 10 nitrogen and oxygen atoms in total. The van der Waals surface area contributed by atoms with Crippen LogP contribution in [0.2, 0.25) is 0 Å². The molecule has 1 aliphatic rings. The number of pyridine rings is 1. The minimum Gasteiger partial charge on any atom is -0.497 e. The van der Waals surface area contributed by atoms with Crippen molar-refractivity contribution in [2.75, 3.05) is 38.9 Å². The lowest BCUT2D eigenvalue weighted by Gasteiger charge is -2.12. The number of ether oxygens (including phenoxy) is 2. The SMILES string of the molecule is COc1cc(S(=O)N(C)C)cnc1Nc1n[nH]c2ccccc12.COc1ccc(NC(=O)C2CC2)cc1. The second-order valence-corrected chi connectivity index (χ2v) is 10.2. The van der Waals surface area contributed by atoms with Crippen LogP contribution in [-0.2, 0) is 15.8 Å². The Kier molecular flexibility index (Phi) is 8.36. The van der Waals surface area contributed by atoms with E-state index in [0.717, 1.165) is 35.2 Å². The Balaban J connectivity index is 0.000000195. The van der Waals surface area contributed by atoms with Crippen LogP contribution in [0.1, 0.15) is 12.8 Å². The Morgan fingerprint density at radius 2 is 1.78 bits per heavy atom. The fraction of sp³-hybridized carbons (Fsp3) is 0.269. The quantitative estimate of drug-likeness (QED) is 0.315. The van der Waals surface area contributed by atoms with Crippen LogP contribution in [0, 0.1) is 5.92 Å². The Bertz CT molecular complexity index is 1390. The van der Waals surface area contributed by atoms with Crippen molar-refractivity contribution in [2.24, 2.45) is 5.92 Å². The molecule has 1 saturated carbocycles. The van der Waals surface area contributed by atoms with Crippen molar-refractivity contribution < 1.29 is 18.5 Å². The standard InChI is InChI=1S/C15H17N5O2S.C11H13NO2/c1-20(2)23(21)10-8-13(22-3)15(16-9-10)17-14-11-6-4-5-7-12(11)18-19-14;1-14-10-6-4-9(5-7-10)12-11(13)8-2-3-8/h4-9H,1-3H3,(H2,16,17,18,19);4-8H,2-3H2,1H3,(H,12,13). The van der Waals surface area contributed by atoms with Crippen molar-refractivity contribution in [3.05, 3.63) is 60.8 Å². The predicted octanol–water partition coefficient (Wildman–Crippen LogP) is 4.34. The van der Waals surface area contributed by atoms with Crippen LogP contribution < -0.4 is 20.1 Å². The molecule has 1 atom stereocenters. The lowest BCUT2D eigenvalue weighted by molar-refractivity contribution is -0.117. The van der Waals surface area contributed by atoms with E-state index in [1.807, 2.05) is 48.5 Å². The van der Waals surface area contributed by atoms with Crippen LogP contribution >= 0.6 is 0 Å². The smallest absolute Gasteiger partial charge is 0.227 e. The van der Waals surface area contributed by atoms with E-state index in [-0.39, 0.29) is 11.8 Å². The first kappa shape index (κ1) is 26.1. The number of para-hydroxylation sites is 1. The summed E-state index contributed by atoms with van der Waals surface area (Å²) in [5.41, 5.74) is 1.77. The molecular weight excluding hydrogens is 492 g/mol. The zero-order chi connectivity index (χ0) is 26.4. The number of H-pyrrole nitrogens is 1. The number of carbonyl (C=O) groups excluding carboxylic acids is 1. The summed E-state index contributed by atoms with van der Waals surface area (Å²) in [5, 5.41) is 14.2. The molecule has 2 aromatic carbocycles. The van der Waals surface area contributed by atoms with Gasteiger partial charge in [-0.05, 0) is 63.3 Å². The molecule has 0 aliphatic heterocycles. The molecule has 1 fully saturated rings. The number of nitrogens with zero attached hydrogens (tertiary/aromatic N) is 3. The average Bonchev–Trinajstić information content (AvgIpc) is 3.71. The highest BCUT2D eigenvalue weighted by atomic mass is 32.2. The highest BCUT2D eigenvalue weighted by Gasteiger charge is 2.29. The molecule has 0 radical (unpaired) electrons. The largest absolute Gasteiger partial charge is 0.497 e. The third kappa shape index (κ3) is 6.63. The number of nitrogens with one attached hydrogen (secondary N) is 3. The molecule has 194 valence electrons. The molecule has 37 heavy (non-hydrogen) atoms. The van der Waals surface area contributed by atoms with E-state index in [1.165, 1.54) is 0 Å². The van der Waals surface area contributed by atoms with Gasteiger partial charge in [-0.15, -0.1) is 0 Å². The van der Waals surface area contributed by atoms with Gasteiger partial charge in [0.05, 0.1) is 24.6 Å². The van der Waals surface area contributed by atoms with Gasteiger partial charge >= 0.3 is 0 Å². The topological polar surface area (TPSA) is 121 Å². The Labute approximate surface area is 218 Å². The molecule has 11 heteroatoms. The zero-order valence-corrected chi connectivity index (χ0v) is 22.0. The van der Waals surface area contributed by atoms with Crippen molar-refractivity contribution >= 4 is 45.1 Å². The average molecular weight is 523 g/mol. The van der Waals surface area contributed by atoms with Gasteiger partial charge in [0.1, 0.15) is 16.7 Å². The monoisotopic (exact) mass is 522 g/mol. The number of aromatic nitrogens is 3. The van der Waals surface area contributed by atoms with Gasteiger partial charge in [-0.25, -0.2) is 13.5 Å². The lowest BCUT2D eigenvalue weighted by Crippen LogP contribution is -2.15. The van der Waals surface area contributed by atoms with E-state index in [1.54, 1.807) is 44.9 Å². The minimum atomic E-state index is -1.27. The number of hydrogen-bond acceptors (Lipinski definition) is 7. The second kappa shape index (κ2) is 11.8. The van der Waals surface area contributed by atoms with Gasteiger partial charge in [-0.1, -0.05) is 12.1 Å². The number of fused-ring (bicyclic) bond motifs is 1. The van der Waals surface area contributed by atoms with Crippen LogP contribution in [0.4, 0.5) is 17.3 Å². The number of anilines is 3. The maximum absolute atomic E-state index is 12.1. The van der Waals surface area contributed by atoms with Crippen molar-refractivity contribution in [1.29, 1.82) is 0 Å². The lowest BCUT2D eigenvalue weighted by atomic mass is 10.2. The molecular formula is C26H30N6O4S. The minimum absolute atomic E-state index is 0.134. The van der Waals surface area contributed by atoms with E-state index in [0.29, 0.717) is 22.3 Å². The van der Waals surface area contributed by atoms with Crippen molar-refractivity contribution in [3.63, 3.8) is 0 Å². The van der Waals surface area contributed by atoms with Crippen LogP contribution in [0.15, 0.2) is 65.7 Å². The Hall–Kier alpha value is -3.96. The van der Waals surface area contributed by atoms with Gasteiger partial charge in [-0.3, -0.25) is 9.89 Å². The van der Waals surface area contributed by atoms with Gasteiger partial charge < -0.3 is 20.1 Å². The molecule has 0 saturated heterocycles. The summed E-state index contributed by atoms with van der Waals surface area (Å²) in [6.07, 6.45) is 3.62. The Morgan fingerprint density at radius 1 is 1.05 bits per heavy atom. The molecule has 0 spiro atoms. The summed E-state index contributed by atoms with van der Waals surface area (Å²) in [6.45, 7) is 0. The zero-order valence-electron chi connectivity index (χ0n) is 21.1. The second-order valence-electron chi connectivity index (χ2n) is 8.52. The number of benzene rings is 2. The third-order valence-corrected chi connectivity index (χ3v) is 6.88. The number of rotatable bonds is 8. The van der Waals surface area contributed by atoms with E-state index in [4.69, 9.17) is 9.47 Å². The van der Waals surface area contributed by atoms with Crippen LogP contribution in [0.25, 0.3) is 10.9 Å². The van der Waals surface area contributed by atoms with Crippen LogP contribution in [0.5, 0.6) is 11.5 Å². The third-order valence-electron chi connectivity index (χ3n) is 5.59. The molecule has 2 aromatic heterocycles. The normalized spacial score (nSPS) is 13.4. The van der Waals surface area contributed by atoms with E-state index in [9.17, 15) is 9.00 Å². The van der Waals surface area contributed by atoms with Gasteiger partial charge in [0, 0.05) is 29.3 Å². The summed E-state index contributed by atoms with van der Waals surface area (Å²) in [5.74, 6) is 2.86. The molecule has 1 amide bonds. The molecule has 3 N–H and O–H groups in total. The number of amides is 1. The van der Waals surface area contributed by atoms with E-state index in [2.05, 4.69) is 25.8 Å². The van der Waals surface area contributed by atoms with Gasteiger partial charge in [-0.2, -0.15) is 5.10 Å². The molecule has 1 aliphatic carbocycles. The fourth-order valence-corrected chi connectivity index (χ4v) is 4.19. The van der Waals surface area contributed by atoms with E-state index < -0.39 is 11.0 Å². The summed E-state index contributed by atoms with van der Waals surface area (Å²) < 4.78 is 24.1. The number of aromatic amines is 1. The predicted molar refractivity (Wildman–Crippen MR) is 145 cm³/mol. The molecule has 1 unspecified atom stereocenters. The first-order valence-corrected chi connectivity index (χ1v) is 12.8. The molecule has 4 aromatic rings. The first-order chi connectivity index (χ1) is 17.9. The number of hydrogen-bond donors (Lipinski definition) is 3. The van der Waals surface area contributed by atoms with Crippen molar-refractivity contribution in [1.82, 2.24) is 19.5 Å². The molecule has 2 heterocycles. The van der Waals surface area contributed by atoms with Crippen LogP contribution in [0.3, 0.4) is 0 Å². The summed E-state index contributed by atoms with van der Waals surface area (Å²) in [6, 6.07) is 16.9. The number of carbonyl (C=O) groups is 1. The van der Waals surface area contributed by atoms with Crippen molar-refractivity contribution in [2.45, 2.75) is 17.7 Å². The van der Waals surface area contributed by atoms with Crippen LogP contribution in [-0.4, -0.2) is 57.9 Å². The van der Waals surface area contributed by atoms with Gasteiger partial charge in [0.15, 0.2) is 17.4 Å². The Morgan fingerprint density at radius 3 is 2.43 bits per heavy atom. The fourth-order valence-electron chi connectivity index (χ4n) is 3.42. The highest BCUT2D eigenvalue weighted by Crippen LogP contribution is 2.31.